The van der Waals surface area contributed by atoms with Crippen molar-refractivity contribution in [3.63, 3.8) is 0 Å². The molecule has 27 heavy (non-hydrogen) atoms. The van der Waals surface area contributed by atoms with Gasteiger partial charge in [0.05, 0.1) is 35.9 Å². The maximum Gasteiger partial charge on any atom is 0.261 e. The molecule has 1 N–H and O–H groups in total. The van der Waals surface area contributed by atoms with Crippen LogP contribution in [0.1, 0.15) is 16.8 Å². The highest BCUT2D eigenvalue weighted by Gasteiger charge is 2.23. The molecule has 3 aromatic rings. The Morgan fingerprint density at radius 1 is 1.22 bits per heavy atom. The number of nitrogens with one attached hydrogen (secondary N) is 1. The van der Waals surface area contributed by atoms with Crippen molar-refractivity contribution in [3.05, 3.63) is 53.1 Å². The van der Waals surface area contributed by atoms with E-state index < -0.39 is 0 Å². The molecule has 0 spiro atoms. The number of thioether (sulfide) groups is 1. The van der Waals surface area contributed by atoms with Gasteiger partial charge in [-0.05, 0) is 30.5 Å². The van der Waals surface area contributed by atoms with Crippen LogP contribution in [-0.2, 0) is 0 Å². The third kappa shape index (κ3) is 4.63. The van der Waals surface area contributed by atoms with E-state index in [2.05, 4.69) is 14.1 Å². The molecule has 7 heteroatoms. The third-order valence-corrected chi connectivity index (χ3v) is 6.37. The van der Waals surface area contributed by atoms with Crippen molar-refractivity contribution in [2.45, 2.75) is 11.3 Å². The number of amides is 1. The van der Waals surface area contributed by atoms with Crippen molar-refractivity contribution in [2.24, 2.45) is 0 Å². The smallest absolute Gasteiger partial charge is 0.261 e. The van der Waals surface area contributed by atoms with E-state index in [9.17, 15) is 4.79 Å². The number of anilines is 1. The predicted molar refractivity (Wildman–Crippen MR) is 117 cm³/mol. The summed E-state index contributed by atoms with van der Waals surface area (Å²) >= 11 is 9.39. The van der Waals surface area contributed by atoms with Crippen LogP contribution in [0.15, 0.2) is 47.4 Å². The lowest BCUT2D eigenvalue weighted by Crippen LogP contribution is -3.05. The Bertz CT molecular complexity index is 942. The maximum absolute atomic E-state index is 13.4. The fourth-order valence-electron chi connectivity index (χ4n) is 2.86. The molecule has 0 saturated carbocycles. The van der Waals surface area contributed by atoms with E-state index in [1.165, 1.54) is 16.2 Å². The number of nitrogens with zero attached hydrogens (tertiary/aromatic N) is 2. The van der Waals surface area contributed by atoms with Crippen LogP contribution in [0, 0.1) is 0 Å². The first-order valence-corrected chi connectivity index (χ1v) is 11.2. The number of rotatable bonds is 7. The summed E-state index contributed by atoms with van der Waals surface area (Å²) in [4.78, 5) is 22.2. The number of halogens is 1. The summed E-state index contributed by atoms with van der Waals surface area (Å²) in [5.41, 5.74) is 1.47. The number of carbonyl (C=O) groups is 1. The Labute approximate surface area is 173 Å². The zero-order valence-corrected chi connectivity index (χ0v) is 18.0. The molecule has 1 heterocycles. The Balaban J connectivity index is 1.99. The van der Waals surface area contributed by atoms with E-state index in [-0.39, 0.29) is 5.91 Å². The molecule has 0 saturated heterocycles. The van der Waals surface area contributed by atoms with E-state index in [0.717, 1.165) is 28.1 Å². The summed E-state index contributed by atoms with van der Waals surface area (Å²) in [6.45, 7) is 1.61. The largest absolute Gasteiger partial charge is 0.340 e. The normalized spacial score (nSPS) is 11.3. The van der Waals surface area contributed by atoms with Gasteiger partial charge in [0.1, 0.15) is 5.52 Å². The molecule has 0 aliphatic rings. The number of para-hydroxylation sites is 1. The molecule has 1 amide bonds. The highest BCUT2D eigenvalue weighted by molar-refractivity contribution is 7.98. The number of hydrogen-bond acceptors (Lipinski definition) is 4. The quantitative estimate of drug-likeness (QED) is 0.590. The van der Waals surface area contributed by atoms with Crippen LogP contribution in [0.3, 0.4) is 0 Å². The second-order valence-electron chi connectivity index (χ2n) is 6.55. The molecule has 2 aromatic carbocycles. The number of fused-ring (bicyclic) bond motifs is 1. The minimum atomic E-state index is -0.0103. The molecule has 0 fully saturated rings. The van der Waals surface area contributed by atoms with Crippen molar-refractivity contribution in [1.29, 1.82) is 0 Å². The van der Waals surface area contributed by atoms with Crippen LogP contribution < -0.4 is 9.80 Å². The average Bonchev–Trinajstić information content (AvgIpc) is 3.10. The number of aromatic nitrogens is 1. The Kier molecular flexibility index (Phi) is 6.76. The molecule has 0 aliphatic carbocycles. The molecule has 0 bridgehead atoms. The lowest BCUT2D eigenvalue weighted by molar-refractivity contribution is -0.858. The van der Waals surface area contributed by atoms with Gasteiger partial charge in [0.25, 0.3) is 5.91 Å². The number of quaternary nitrogens is 1. The van der Waals surface area contributed by atoms with Crippen molar-refractivity contribution in [1.82, 2.24) is 4.98 Å². The molecule has 1 aromatic heterocycles. The standard InChI is InChI=1S/C20H22ClN3OS2/c1-23(2)12-7-13-24(19(25)14-8-4-5-10-16(14)26-3)20-22-18-15(21)9-6-11-17(18)27-20/h4-6,8-11H,7,12-13H2,1-3H3/p+1. The zero-order valence-electron chi connectivity index (χ0n) is 15.7. The summed E-state index contributed by atoms with van der Waals surface area (Å²) in [7, 11) is 4.24. The third-order valence-electron chi connectivity index (χ3n) is 4.23. The highest BCUT2D eigenvalue weighted by atomic mass is 35.5. The van der Waals surface area contributed by atoms with Crippen LogP contribution in [0.2, 0.25) is 5.02 Å². The van der Waals surface area contributed by atoms with Crippen LogP contribution >= 0.6 is 34.7 Å². The lowest BCUT2D eigenvalue weighted by atomic mass is 10.2. The summed E-state index contributed by atoms with van der Waals surface area (Å²) < 4.78 is 0.992. The van der Waals surface area contributed by atoms with E-state index >= 15 is 0 Å². The summed E-state index contributed by atoms with van der Waals surface area (Å²) in [6.07, 6.45) is 2.89. The molecule has 3 rings (SSSR count). The first-order chi connectivity index (χ1) is 13.0. The highest BCUT2D eigenvalue weighted by Crippen LogP contribution is 2.34. The van der Waals surface area contributed by atoms with Crippen molar-refractivity contribution >= 4 is 56.0 Å². The monoisotopic (exact) mass is 420 g/mol. The molecule has 0 unspecified atom stereocenters. The van der Waals surface area contributed by atoms with E-state index in [1.54, 1.807) is 16.7 Å². The van der Waals surface area contributed by atoms with Gasteiger partial charge in [0, 0.05) is 17.9 Å². The van der Waals surface area contributed by atoms with Crippen LogP contribution in [0.5, 0.6) is 0 Å². The molecule has 142 valence electrons. The van der Waals surface area contributed by atoms with Gasteiger partial charge in [-0.2, -0.15) is 0 Å². The predicted octanol–water partition coefficient (Wildman–Crippen LogP) is 3.85. The fraction of sp³-hybridized carbons (Fsp3) is 0.300. The van der Waals surface area contributed by atoms with Gasteiger partial charge in [0.15, 0.2) is 5.13 Å². The number of thiazole rings is 1. The topological polar surface area (TPSA) is 37.6 Å². The molecular weight excluding hydrogens is 398 g/mol. The van der Waals surface area contributed by atoms with E-state index in [1.807, 2.05) is 48.7 Å². The zero-order chi connectivity index (χ0) is 19.4. The molecule has 0 radical (unpaired) electrons. The molecule has 0 aliphatic heterocycles. The van der Waals surface area contributed by atoms with E-state index in [4.69, 9.17) is 16.6 Å². The Morgan fingerprint density at radius 2 is 2.00 bits per heavy atom. The first-order valence-electron chi connectivity index (χ1n) is 8.80. The van der Waals surface area contributed by atoms with Gasteiger partial charge in [-0.15, -0.1) is 11.8 Å². The molecule has 4 nitrogen and oxygen atoms in total. The van der Waals surface area contributed by atoms with Crippen LogP contribution in [0.25, 0.3) is 10.2 Å². The van der Waals surface area contributed by atoms with Crippen molar-refractivity contribution < 1.29 is 9.69 Å². The second kappa shape index (κ2) is 9.06. The van der Waals surface area contributed by atoms with Crippen molar-refractivity contribution in [2.75, 3.05) is 38.3 Å². The van der Waals surface area contributed by atoms with Gasteiger partial charge in [-0.3, -0.25) is 9.69 Å². The van der Waals surface area contributed by atoms with Gasteiger partial charge in [-0.1, -0.05) is 41.1 Å². The van der Waals surface area contributed by atoms with Gasteiger partial charge in [0.2, 0.25) is 0 Å². The summed E-state index contributed by atoms with van der Waals surface area (Å²) in [5.74, 6) is -0.0103. The SMILES string of the molecule is CSc1ccccc1C(=O)N(CCC[NH+](C)C)c1nc2c(Cl)cccc2s1. The van der Waals surface area contributed by atoms with Crippen LogP contribution in [0.4, 0.5) is 5.13 Å². The first kappa shape index (κ1) is 20.1. The number of hydrogen-bond donors (Lipinski definition) is 1. The molecular formula is C20H23ClN3OS2+. The minimum absolute atomic E-state index is 0.0103. The summed E-state index contributed by atoms with van der Waals surface area (Å²) in [6, 6.07) is 13.5. The second-order valence-corrected chi connectivity index (χ2v) is 8.82. The Hall–Kier alpha value is -1.60. The number of carbonyl (C=O) groups excluding carboxylic acids is 1. The summed E-state index contributed by atoms with van der Waals surface area (Å²) in [5, 5.41) is 1.32. The van der Waals surface area contributed by atoms with Crippen molar-refractivity contribution in [3.8, 4) is 0 Å². The minimum Gasteiger partial charge on any atom is -0.340 e. The van der Waals surface area contributed by atoms with Gasteiger partial charge in [-0.25, -0.2) is 4.98 Å². The van der Waals surface area contributed by atoms with Gasteiger partial charge < -0.3 is 4.90 Å². The fourth-order valence-corrected chi connectivity index (χ4v) is 4.74. The molecule has 0 atom stereocenters. The maximum atomic E-state index is 13.4. The average molecular weight is 421 g/mol. The lowest BCUT2D eigenvalue weighted by Gasteiger charge is -2.21. The Morgan fingerprint density at radius 3 is 2.70 bits per heavy atom. The van der Waals surface area contributed by atoms with Gasteiger partial charge >= 0.3 is 0 Å². The number of benzene rings is 2. The van der Waals surface area contributed by atoms with E-state index in [0.29, 0.717) is 22.3 Å². The van der Waals surface area contributed by atoms with Crippen LogP contribution in [-0.4, -0.2) is 44.3 Å².